The van der Waals surface area contributed by atoms with Crippen LogP contribution in [0, 0.1) is 4.77 Å². The van der Waals surface area contributed by atoms with Crippen LogP contribution in [-0.4, -0.2) is 9.55 Å². The van der Waals surface area contributed by atoms with E-state index in [1.165, 1.54) is 11.3 Å². The maximum Gasteiger partial charge on any atom is 0.177 e. The lowest BCUT2D eigenvalue weighted by Gasteiger charge is -2.29. The number of imidazole rings is 1. The predicted molar refractivity (Wildman–Crippen MR) is 83.1 cm³/mol. The third-order valence-electron chi connectivity index (χ3n) is 3.69. The second kappa shape index (κ2) is 5.74. The van der Waals surface area contributed by atoms with E-state index < -0.39 is 0 Å². The van der Waals surface area contributed by atoms with E-state index in [2.05, 4.69) is 60.7 Å². The van der Waals surface area contributed by atoms with E-state index in [1.54, 1.807) is 0 Å². The Labute approximate surface area is 120 Å². The molecular weight excluding hydrogens is 252 g/mol. The predicted octanol–water partition coefficient (Wildman–Crippen LogP) is 4.48. The summed E-state index contributed by atoms with van der Waals surface area (Å²) in [4.78, 5) is 3.17. The molecule has 0 fully saturated rings. The Kier molecular flexibility index (Phi) is 4.25. The quantitative estimate of drug-likeness (QED) is 0.797. The number of aromatic nitrogens is 2. The Balaban J connectivity index is 2.18. The summed E-state index contributed by atoms with van der Waals surface area (Å²) in [7, 11) is 0. The zero-order valence-electron chi connectivity index (χ0n) is 11.9. The van der Waals surface area contributed by atoms with Crippen molar-refractivity contribution >= 4 is 12.2 Å². The molecule has 1 N–H and O–H groups in total. The summed E-state index contributed by atoms with van der Waals surface area (Å²) in [6, 6.07) is 10.6. The van der Waals surface area contributed by atoms with Crippen LogP contribution >= 0.6 is 12.2 Å². The summed E-state index contributed by atoms with van der Waals surface area (Å²) in [5.74, 6) is 0. The van der Waals surface area contributed by atoms with Crippen molar-refractivity contribution in [3.05, 3.63) is 52.6 Å². The second-order valence-corrected chi connectivity index (χ2v) is 5.96. The van der Waals surface area contributed by atoms with Gasteiger partial charge in [0.25, 0.3) is 0 Å². The van der Waals surface area contributed by atoms with Gasteiger partial charge in [0.2, 0.25) is 0 Å². The maximum absolute atomic E-state index is 5.43. The summed E-state index contributed by atoms with van der Waals surface area (Å²) in [5, 5.41) is 0. The van der Waals surface area contributed by atoms with Crippen LogP contribution < -0.4 is 0 Å². The zero-order chi connectivity index (χ0) is 13.9. The van der Waals surface area contributed by atoms with Gasteiger partial charge < -0.3 is 9.55 Å². The van der Waals surface area contributed by atoms with E-state index in [9.17, 15) is 0 Å². The molecule has 0 aliphatic heterocycles. The van der Waals surface area contributed by atoms with E-state index in [1.807, 2.05) is 6.20 Å². The van der Waals surface area contributed by atoms with Crippen LogP contribution in [-0.2, 0) is 18.4 Å². The molecule has 0 atom stereocenters. The first-order valence-corrected chi connectivity index (χ1v) is 7.29. The lowest BCUT2D eigenvalue weighted by Crippen LogP contribution is -2.28. The SMILES string of the molecule is CCc1c[nH]c(=S)n1C(C)(C)CCc1ccccc1. The number of H-pyrrole nitrogens is 1. The highest BCUT2D eigenvalue weighted by Gasteiger charge is 2.23. The molecule has 19 heavy (non-hydrogen) atoms. The minimum Gasteiger partial charge on any atom is -0.337 e. The van der Waals surface area contributed by atoms with E-state index in [0.717, 1.165) is 24.0 Å². The number of aromatic amines is 1. The fourth-order valence-electron chi connectivity index (χ4n) is 2.54. The fraction of sp³-hybridized carbons (Fsp3) is 0.438. The second-order valence-electron chi connectivity index (χ2n) is 5.57. The highest BCUT2D eigenvalue weighted by atomic mass is 32.1. The number of nitrogens with zero attached hydrogens (tertiary/aromatic N) is 1. The molecular formula is C16H22N2S. The van der Waals surface area contributed by atoms with Crippen LogP contribution in [0.3, 0.4) is 0 Å². The summed E-state index contributed by atoms with van der Waals surface area (Å²) in [6.45, 7) is 6.69. The average molecular weight is 274 g/mol. The molecule has 1 aromatic carbocycles. The van der Waals surface area contributed by atoms with Gasteiger partial charge in [-0.25, -0.2) is 0 Å². The summed E-state index contributed by atoms with van der Waals surface area (Å²) in [5.41, 5.74) is 2.71. The van der Waals surface area contributed by atoms with Gasteiger partial charge in [0.05, 0.1) is 0 Å². The van der Waals surface area contributed by atoms with Crippen molar-refractivity contribution in [3.63, 3.8) is 0 Å². The fourth-order valence-corrected chi connectivity index (χ4v) is 2.96. The molecule has 2 aromatic rings. The third kappa shape index (κ3) is 3.16. The molecule has 0 radical (unpaired) electrons. The number of rotatable bonds is 5. The molecule has 0 unspecified atom stereocenters. The van der Waals surface area contributed by atoms with Crippen molar-refractivity contribution in [3.8, 4) is 0 Å². The molecule has 3 heteroatoms. The first kappa shape index (κ1) is 14.1. The van der Waals surface area contributed by atoms with Gasteiger partial charge in [0.1, 0.15) is 0 Å². The Hall–Kier alpha value is -1.35. The maximum atomic E-state index is 5.43. The Morgan fingerprint density at radius 3 is 2.53 bits per heavy atom. The molecule has 102 valence electrons. The van der Waals surface area contributed by atoms with Crippen LogP contribution in [0.2, 0.25) is 0 Å². The molecule has 2 rings (SSSR count). The van der Waals surface area contributed by atoms with Gasteiger partial charge >= 0.3 is 0 Å². The lowest BCUT2D eigenvalue weighted by molar-refractivity contribution is 0.316. The van der Waals surface area contributed by atoms with Gasteiger partial charge in [-0.15, -0.1) is 0 Å². The van der Waals surface area contributed by atoms with E-state index in [-0.39, 0.29) is 5.54 Å². The highest BCUT2D eigenvalue weighted by molar-refractivity contribution is 7.71. The molecule has 2 nitrogen and oxygen atoms in total. The largest absolute Gasteiger partial charge is 0.337 e. The Bertz CT molecular complexity index is 578. The normalized spacial score (nSPS) is 11.7. The molecule has 0 bridgehead atoms. The van der Waals surface area contributed by atoms with Crippen LogP contribution in [0.5, 0.6) is 0 Å². The Morgan fingerprint density at radius 2 is 1.89 bits per heavy atom. The third-order valence-corrected chi connectivity index (χ3v) is 3.99. The van der Waals surface area contributed by atoms with Crippen LogP contribution in [0.25, 0.3) is 0 Å². The van der Waals surface area contributed by atoms with Crippen LogP contribution in [0.1, 0.15) is 38.4 Å². The van der Waals surface area contributed by atoms with Crippen LogP contribution in [0.15, 0.2) is 36.5 Å². The lowest BCUT2D eigenvalue weighted by atomic mass is 9.94. The van der Waals surface area contributed by atoms with Gasteiger partial charge in [-0.05, 0) is 50.9 Å². The van der Waals surface area contributed by atoms with E-state index in [0.29, 0.717) is 0 Å². The Morgan fingerprint density at radius 1 is 1.21 bits per heavy atom. The zero-order valence-corrected chi connectivity index (χ0v) is 12.8. The van der Waals surface area contributed by atoms with Gasteiger partial charge in [0, 0.05) is 17.4 Å². The van der Waals surface area contributed by atoms with E-state index in [4.69, 9.17) is 12.2 Å². The number of hydrogen-bond donors (Lipinski definition) is 1. The monoisotopic (exact) mass is 274 g/mol. The number of hydrogen-bond acceptors (Lipinski definition) is 1. The molecule has 0 saturated carbocycles. The highest BCUT2D eigenvalue weighted by Crippen LogP contribution is 2.25. The number of nitrogens with one attached hydrogen (secondary N) is 1. The van der Waals surface area contributed by atoms with Crippen molar-refractivity contribution in [1.29, 1.82) is 0 Å². The standard InChI is InChI=1S/C16H22N2S/c1-4-14-12-17-15(19)18(14)16(2,3)11-10-13-8-6-5-7-9-13/h5-9,12H,4,10-11H2,1-3H3,(H,17,19). The van der Waals surface area contributed by atoms with Crippen molar-refractivity contribution < 1.29 is 0 Å². The van der Waals surface area contributed by atoms with Gasteiger partial charge in [-0.1, -0.05) is 37.3 Å². The summed E-state index contributed by atoms with van der Waals surface area (Å²) < 4.78 is 3.10. The van der Waals surface area contributed by atoms with Crippen molar-refractivity contribution in [2.45, 2.75) is 45.6 Å². The number of benzene rings is 1. The minimum atomic E-state index is 0.0399. The van der Waals surface area contributed by atoms with E-state index >= 15 is 0 Å². The van der Waals surface area contributed by atoms with Gasteiger partial charge in [-0.2, -0.15) is 0 Å². The van der Waals surface area contributed by atoms with Gasteiger partial charge in [-0.3, -0.25) is 0 Å². The van der Waals surface area contributed by atoms with Crippen molar-refractivity contribution in [2.24, 2.45) is 0 Å². The van der Waals surface area contributed by atoms with Crippen LogP contribution in [0.4, 0.5) is 0 Å². The van der Waals surface area contributed by atoms with Crippen molar-refractivity contribution in [1.82, 2.24) is 9.55 Å². The topological polar surface area (TPSA) is 20.7 Å². The first-order chi connectivity index (χ1) is 9.04. The molecule has 0 aliphatic carbocycles. The molecule has 0 aliphatic rings. The van der Waals surface area contributed by atoms with Crippen molar-refractivity contribution in [2.75, 3.05) is 0 Å². The minimum absolute atomic E-state index is 0.0399. The molecule has 1 aromatic heterocycles. The molecule has 0 spiro atoms. The summed E-state index contributed by atoms with van der Waals surface area (Å²) >= 11 is 5.43. The molecule has 0 saturated heterocycles. The summed E-state index contributed by atoms with van der Waals surface area (Å²) in [6.07, 6.45) is 5.19. The average Bonchev–Trinajstić information content (AvgIpc) is 2.80. The van der Waals surface area contributed by atoms with Gasteiger partial charge in [0.15, 0.2) is 4.77 Å². The smallest absolute Gasteiger partial charge is 0.177 e. The number of aryl methyl sites for hydroxylation is 2. The first-order valence-electron chi connectivity index (χ1n) is 6.88. The molecule has 0 amide bonds. The molecule has 1 heterocycles.